The van der Waals surface area contributed by atoms with Gasteiger partial charge in [-0.3, -0.25) is 9.59 Å². The molecular weight excluding hydrogens is 400 g/mol. The zero-order chi connectivity index (χ0) is 19.8. The molecule has 3 heterocycles. The van der Waals surface area contributed by atoms with Gasteiger partial charge in [0.15, 0.2) is 5.13 Å². The average Bonchev–Trinajstić information content (AvgIpc) is 3.23. The van der Waals surface area contributed by atoms with E-state index in [9.17, 15) is 9.59 Å². The van der Waals surface area contributed by atoms with E-state index in [0.717, 1.165) is 10.6 Å². The second kappa shape index (κ2) is 7.37. The zero-order valence-electron chi connectivity index (χ0n) is 15.3. The lowest BCUT2D eigenvalue weighted by Gasteiger charge is -2.26. The molecule has 4 rings (SSSR count). The number of benzene rings is 1. The maximum Gasteiger partial charge on any atom is 0.260 e. The van der Waals surface area contributed by atoms with Gasteiger partial charge in [0.1, 0.15) is 17.0 Å². The van der Waals surface area contributed by atoms with Gasteiger partial charge in [-0.1, -0.05) is 46.3 Å². The van der Waals surface area contributed by atoms with Crippen LogP contribution < -0.4 is 5.32 Å². The average molecular weight is 417 g/mol. The molecule has 0 radical (unpaired) electrons. The van der Waals surface area contributed by atoms with Crippen LogP contribution >= 0.6 is 22.9 Å². The van der Waals surface area contributed by atoms with Crippen molar-refractivity contribution in [2.24, 2.45) is 0 Å². The van der Waals surface area contributed by atoms with Gasteiger partial charge in [-0.25, -0.2) is 4.98 Å². The monoisotopic (exact) mass is 416 g/mol. The fraction of sp³-hybridized carbons (Fsp3) is 0.263. The predicted octanol–water partition coefficient (Wildman–Crippen LogP) is 3.92. The molecule has 3 aromatic rings. The predicted molar refractivity (Wildman–Crippen MR) is 107 cm³/mol. The molecule has 28 heavy (non-hydrogen) atoms. The van der Waals surface area contributed by atoms with Crippen molar-refractivity contribution in [2.45, 2.75) is 26.8 Å². The number of hydrogen-bond donors (Lipinski definition) is 1. The van der Waals surface area contributed by atoms with Crippen molar-refractivity contribution in [3.8, 4) is 11.3 Å². The number of carbonyl (C=O) groups is 2. The summed E-state index contributed by atoms with van der Waals surface area (Å²) in [6.45, 7) is 4.12. The third-order valence-corrected chi connectivity index (χ3v) is 5.83. The van der Waals surface area contributed by atoms with E-state index in [1.807, 2.05) is 18.2 Å². The molecule has 1 N–H and O–H groups in total. The first-order chi connectivity index (χ1) is 13.4. The second-order valence-electron chi connectivity index (χ2n) is 6.49. The first-order valence-corrected chi connectivity index (χ1v) is 9.90. The van der Waals surface area contributed by atoms with E-state index >= 15 is 0 Å². The van der Waals surface area contributed by atoms with E-state index in [0.29, 0.717) is 52.2 Å². The van der Waals surface area contributed by atoms with Crippen LogP contribution in [-0.4, -0.2) is 33.4 Å². The Balaban J connectivity index is 1.63. The highest BCUT2D eigenvalue weighted by Crippen LogP contribution is 2.34. The van der Waals surface area contributed by atoms with Gasteiger partial charge in [-0.2, -0.15) is 0 Å². The SMILES string of the molecule is CC(=O)Nc1nc2c(s1)CN(C(=O)c1c(-c3ccccc3Cl)noc1C)CC2. The van der Waals surface area contributed by atoms with E-state index in [1.54, 1.807) is 17.9 Å². The number of fused-ring (bicyclic) bond motifs is 1. The summed E-state index contributed by atoms with van der Waals surface area (Å²) in [5.41, 5.74) is 2.45. The van der Waals surface area contributed by atoms with E-state index < -0.39 is 0 Å². The molecule has 0 saturated carbocycles. The fourth-order valence-corrected chi connectivity index (χ4v) is 4.49. The summed E-state index contributed by atoms with van der Waals surface area (Å²) in [6, 6.07) is 7.23. The molecule has 0 unspecified atom stereocenters. The number of amides is 2. The number of anilines is 1. The van der Waals surface area contributed by atoms with Crippen molar-refractivity contribution in [3.05, 3.63) is 51.2 Å². The van der Waals surface area contributed by atoms with Crippen LogP contribution in [0.15, 0.2) is 28.8 Å². The van der Waals surface area contributed by atoms with Crippen LogP contribution in [0.5, 0.6) is 0 Å². The van der Waals surface area contributed by atoms with Crippen LogP contribution in [0.1, 0.15) is 33.6 Å². The Bertz CT molecular complexity index is 1080. The minimum Gasteiger partial charge on any atom is -0.360 e. The summed E-state index contributed by atoms with van der Waals surface area (Å²) >= 11 is 7.69. The molecule has 2 aromatic heterocycles. The number of aryl methyl sites for hydroxylation is 1. The zero-order valence-corrected chi connectivity index (χ0v) is 16.9. The van der Waals surface area contributed by atoms with Gasteiger partial charge in [0.25, 0.3) is 5.91 Å². The fourth-order valence-electron chi connectivity index (χ4n) is 3.19. The standard InChI is InChI=1S/C19H17ClN4O3S/c1-10-16(17(23-27-10)12-5-3-4-6-13(12)20)18(26)24-8-7-14-15(9-24)28-19(22-14)21-11(2)25/h3-6H,7-9H2,1-2H3,(H,21,22,25). The van der Waals surface area contributed by atoms with Crippen LogP contribution in [0.25, 0.3) is 11.3 Å². The number of thiazole rings is 1. The van der Waals surface area contributed by atoms with Crippen molar-refractivity contribution >= 4 is 39.9 Å². The van der Waals surface area contributed by atoms with Crippen LogP contribution in [0.3, 0.4) is 0 Å². The highest BCUT2D eigenvalue weighted by molar-refractivity contribution is 7.15. The molecule has 2 amide bonds. The number of nitrogens with zero attached hydrogens (tertiary/aromatic N) is 3. The molecule has 7 nitrogen and oxygen atoms in total. The Labute approximate surface area is 170 Å². The minimum absolute atomic E-state index is 0.159. The number of carbonyl (C=O) groups excluding carboxylic acids is 2. The molecule has 0 bridgehead atoms. The lowest BCUT2D eigenvalue weighted by molar-refractivity contribution is -0.114. The van der Waals surface area contributed by atoms with Crippen molar-refractivity contribution in [3.63, 3.8) is 0 Å². The van der Waals surface area contributed by atoms with Crippen LogP contribution in [0, 0.1) is 6.92 Å². The van der Waals surface area contributed by atoms with E-state index in [1.165, 1.54) is 18.3 Å². The van der Waals surface area contributed by atoms with Gasteiger partial charge in [0, 0.05) is 30.3 Å². The summed E-state index contributed by atoms with van der Waals surface area (Å²) in [7, 11) is 0. The topological polar surface area (TPSA) is 88.3 Å². The Kier molecular flexibility index (Phi) is 4.91. The maximum absolute atomic E-state index is 13.3. The Morgan fingerprint density at radius 3 is 2.86 bits per heavy atom. The summed E-state index contributed by atoms with van der Waals surface area (Å²) < 4.78 is 5.32. The van der Waals surface area contributed by atoms with Gasteiger partial charge in [0.05, 0.1) is 17.3 Å². The minimum atomic E-state index is -0.163. The Morgan fingerprint density at radius 2 is 2.11 bits per heavy atom. The molecule has 0 fully saturated rings. The highest BCUT2D eigenvalue weighted by atomic mass is 35.5. The smallest absolute Gasteiger partial charge is 0.260 e. The van der Waals surface area contributed by atoms with E-state index in [-0.39, 0.29) is 11.8 Å². The van der Waals surface area contributed by atoms with Crippen molar-refractivity contribution in [1.82, 2.24) is 15.0 Å². The molecule has 0 spiro atoms. The van der Waals surface area contributed by atoms with Gasteiger partial charge < -0.3 is 14.7 Å². The molecule has 0 aliphatic carbocycles. The second-order valence-corrected chi connectivity index (χ2v) is 7.98. The summed E-state index contributed by atoms with van der Waals surface area (Å²) in [6.07, 6.45) is 0.628. The lowest BCUT2D eigenvalue weighted by atomic mass is 10.0. The van der Waals surface area contributed by atoms with Gasteiger partial charge in [0.2, 0.25) is 5.91 Å². The van der Waals surface area contributed by atoms with E-state index in [4.69, 9.17) is 16.1 Å². The van der Waals surface area contributed by atoms with Crippen LogP contribution in [0.4, 0.5) is 5.13 Å². The molecule has 1 aliphatic rings. The van der Waals surface area contributed by atoms with Crippen molar-refractivity contribution in [2.75, 3.05) is 11.9 Å². The van der Waals surface area contributed by atoms with Crippen molar-refractivity contribution < 1.29 is 14.1 Å². The molecule has 0 saturated heterocycles. The van der Waals surface area contributed by atoms with Gasteiger partial charge >= 0.3 is 0 Å². The molecule has 9 heteroatoms. The molecule has 0 atom stereocenters. The number of rotatable bonds is 3. The number of aromatic nitrogens is 2. The first kappa shape index (κ1) is 18.6. The Morgan fingerprint density at radius 1 is 1.32 bits per heavy atom. The molecule has 1 aliphatic heterocycles. The largest absolute Gasteiger partial charge is 0.360 e. The quantitative estimate of drug-likeness (QED) is 0.699. The van der Waals surface area contributed by atoms with Crippen LogP contribution in [-0.2, 0) is 17.8 Å². The van der Waals surface area contributed by atoms with E-state index in [2.05, 4.69) is 15.5 Å². The Hall–Kier alpha value is -2.71. The third-order valence-electron chi connectivity index (χ3n) is 4.51. The normalized spacial score (nSPS) is 13.3. The number of nitrogens with one attached hydrogen (secondary N) is 1. The molecule has 1 aromatic carbocycles. The van der Waals surface area contributed by atoms with Crippen LogP contribution in [0.2, 0.25) is 5.02 Å². The lowest BCUT2D eigenvalue weighted by Crippen LogP contribution is -2.35. The number of hydrogen-bond acceptors (Lipinski definition) is 6. The van der Waals surface area contributed by atoms with Gasteiger partial charge in [-0.15, -0.1) is 0 Å². The molecular formula is C19H17ClN4O3S. The maximum atomic E-state index is 13.3. The number of halogens is 1. The first-order valence-electron chi connectivity index (χ1n) is 8.70. The van der Waals surface area contributed by atoms with Gasteiger partial charge in [-0.05, 0) is 13.0 Å². The summed E-state index contributed by atoms with van der Waals surface area (Å²) in [5.74, 6) is 0.131. The van der Waals surface area contributed by atoms with Crippen molar-refractivity contribution in [1.29, 1.82) is 0 Å². The highest BCUT2D eigenvalue weighted by Gasteiger charge is 2.30. The third kappa shape index (κ3) is 3.41. The summed E-state index contributed by atoms with van der Waals surface area (Å²) in [4.78, 5) is 31.7. The molecule has 144 valence electrons. The summed E-state index contributed by atoms with van der Waals surface area (Å²) in [5, 5.41) is 7.85.